The molecule has 0 unspecified atom stereocenters. The molecule has 0 saturated heterocycles. The minimum absolute atomic E-state index is 0.732. The molecule has 3 rings (SSSR count). The normalized spacial score (nSPS) is 10.7. The van der Waals surface area contributed by atoms with Crippen molar-refractivity contribution in [2.75, 3.05) is 0 Å². The van der Waals surface area contributed by atoms with Gasteiger partial charge in [-0.1, -0.05) is 35.5 Å². The molecule has 0 atom stereocenters. The molecular weight excluding hydrogens is 244 g/mol. The average Bonchev–Trinajstić information content (AvgIpc) is 3.02. The average molecular weight is 256 g/mol. The summed E-state index contributed by atoms with van der Waals surface area (Å²) in [6.45, 7) is 2.75. The van der Waals surface area contributed by atoms with Gasteiger partial charge in [0.2, 0.25) is 0 Å². The number of aromatic nitrogens is 4. The summed E-state index contributed by atoms with van der Waals surface area (Å²) in [4.78, 5) is 5.46. The number of nitrogens with zero attached hydrogens (tertiary/aromatic N) is 4. The van der Waals surface area contributed by atoms with Gasteiger partial charge in [-0.25, -0.2) is 9.67 Å². The molecule has 4 nitrogen and oxygen atoms in total. The van der Waals surface area contributed by atoms with Crippen molar-refractivity contribution in [3.8, 4) is 11.3 Å². The molecule has 18 heavy (non-hydrogen) atoms. The van der Waals surface area contributed by atoms with Gasteiger partial charge in [0.1, 0.15) is 5.69 Å². The Morgan fingerprint density at radius 1 is 1.22 bits per heavy atom. The van der Waals surface area contributed by atoms with Gasteiger partial charge in [0, 0.05) is 10.4 Å². The predicted molar refractivity (Wildman–Crippen MR) is 71.4 cm³/mol. The van der Waals surface area contributed by atoms with Crippen LogP contribution in [0.15, 0.2) is 42.0 Å². The van der Waals surface area contributed by atoms with Crippen molar-refractivity contribution in [2.24, 2.45) is 0 Å². The van der Waals surface area contributed by atoms with Crippen LogP contribution in [0.3, 0.4) is 0 Å². The first kappa shape index (κ1) is 11.1. The maximum Gasteiger partial charge on any atom is 0.113 e. The summed E-state index contributed by atoms with van der Waals surface area (Å²) in [5.74, 6) is 0. The smallest absolute Gasteiger partial charge is 0.113 e. The summed E-state index contributed by atoms with van der Waals surface area (Å²) in [5.41, 5.74) is 4.92. The highest BCUT2D eigenvalue weighted by molar-refractivity contribution is 7.09. The predicted octanol–water partition coefficient (Wildman–Crippen LogP) is 2.76. The minimum Gasteiger partial charge on any atom is -0.250 e. The van der Waals surface area contributed by atoms with Crippen molar-refractivity contribution in [2.45, 2.75) is 13.5 Å². The van der Waals surface area contributed by atoms with Crippen LogP contribution in [0.2, 0.25) is 0 Å². The van der Waals surface area contributed by atoms with Crippen LogP contribution in [0.4, 0.5) is 0 Å². The number of rotatable bonds is 3. The highest BCUT2D eigenvalue weighted by Gasteiger charge is 2.06. The fourth-order valence-corrected chi connectivity index (χ4v) is 2.51. The van der Waals surface area contributed by atoms with E-state index in [-0.39, 0.29) is 0 Å². The number of benzene rings is 1. The first-order valence-corrected chi connectivity index (χ1v) is 6.55. The fraction of sp³-hybridized carbons (Fsp3) is 0.154. The molecule has 0 radical (unpaired) electrons. The van der Waals surface area contributed by atoms with E-state index in [2.05, 4.69) is 15.3 Å². The Kier molecular flexibility index (Phi) is 2.90. The van der Waals surface area contributed by atoms with Crippen molar-refractivity contribution < 1.29 is 0 Å². The van der Waals surface area contributed by atoms with Gasteiger partial charge in [0.25, 0.3) is 0 Å². The molecular formula is C13H12N4S. The monoisotopic (exact) mass is 256 g/mol. The van der Waals surface area contributed by atoms with E-state index in [9.17, 15) is 0 Å². The second-order valence-electron chi connectivity index (χ2n) is 4.03. The Labute approximate surface area is 109 Å². The molecule has 3 aromatic rings. The van der Waals surface area contributed by atoms with Gasteiger partial charge in [-0.3, -0.25) is 0 Å². The lowest BCUT2D eigenvalue weighted by Crippen LogP contribution is -1.99. The van der Waals surface area contributed by atoms with Crippen LogP contribution < -0.4 is 0 Å². The lowest BCUT2D eigenvalue weighted by Gasteiger charge is -1.97. The standard InChI is InChI=1S/C13H12N4S/c1-10-13(18-9-14-10)8-17-7-12(15-16-17)11-5-3-2-4-6-11/h2-7,9H,8H2,1H3. The molecule has 1 aromatic carbocycles. The highest BCUT2D eigenvalue weighted by atomic mass is 32.1. The van der Waals surface area contributed by atoms with E-state index in [0.29, 0.717) is 0 Å². The summed E-state index contributed by atoms with van der Waals surface area (Å²) in [5, 5.41) is 8.35. The third-order valence-electron chi connectivity index (χ3n) is 2.76. The Balaban J connectivity index is 1.84. The molecule has 0 aliphatic carbocycles. The second-order valence-corrected chi connectivity index (χ2v) is 4.97. The van der Waals surface area contributed by atoms with Crippen LogP contribution in [0.25, 0.3) is 11.3 Å². The Hall–Kier alpha value is -2.01. The molecule has 0 saturated carbocycles. The van der Waals surface area contributed by atoms with E-state index in [1.165, 1.54) is 4.88 Å². The minimum atomic E-state index is 0.732. The zero-order valence-corrected chi connectivity index (χ0v) is 10.8. The van der Waals surface area contributed by atoms with Crippen molar-refractivity contribution in [3.05, 3.63) is 52.6 Å². The largest absolute Gasteiger partial charge is 0.250 e. The molecule has 0 N–H and O–H groups in total. The van der Waals surface area contributed by atoms with E-state index in [0.717, 1.165) is 23.5 Å². The van der Waals surface area contributed by atoms with Crippen molar-refractivity contribution in [3.63, 3.8) is 0 Å². The van der Waals surface area contributed by atoms with E-state index >= 15 is 0 Å². The molecule has 0 spiro atoms. The summed E-state index contributed by atoms with van der Waals surface area (Å²) in [6.07, 6.45) is 1.97. The SMILES string of the molecule is Cc1ncsc1Cn1cc(-c2ccccc2)nn1. The van der Waals surface area contributed by atoms with Crippen molar-refractivity contribution in [1.29, 1.82) is 0 Å². The van der Waals surface area contributed by atoms with Gasteiger partial charge in [0.15, 0.2) is 0 Å². The summed E-state index contributed by atoms with van der Waals surface area (Å²) >= 11 is 1.65. The van der Waals surface area contributed by atoms with Gasteiger partial charge in [-0.05, 0) is 6.92 Å². The molecule has 0 aliphatic rings. The zero-order valence-electron chi connectivity index (χ0n) is 9.95. The maximum atomic E-state index is 4.23. The molecule has 0 aliphatic heterocycles. The van der Waals surface area contributed by atoms with Gasteiger partial charge in [0.05, 0.1) is 23.9 Å². The van der Waals surface area contributed by atoms with E-state index in [1.807, 2.05) is 53.6 Å². The van der Waals surface area contributed by atoms with Crippen LogP contribution in [0.5, 0.6) is 0 Å². The number of thiazole rings is 1. The third kappa shape index (κ3) is 2.17. The third-order valence-corrected chi connectivity index (χ3v) is 3.68. The van der Waals surface area contributed by atoms with E-state index in [4.69, 9.17) is 0 Å². The number of aryl methyl sites for hydroxylation is 1. The van der Waals surface area contributed by atoms with Gasteiger partial charge >= 0.3 is 0 Å². The van der Waals surface area contributed by atoms with Crippen LogP contribution in [-0.4, -0.2) is 20.0 Å². The molecule has 2 aromatic heterocycles. The Bertz CT molecular complexity index is 642. The van der Waals surface area contributed by atoms with Crippen LogP contribution in [0.1, 0.15) is 10.6 Å². The first-order valence-electron chi connectivity index (χ1n) is 5.67. The fourth-order valence-electron chi connectivity index (χ4n) is 1.74. The molecule has 90 valence electrons. The number of hydrogen-bond donors (Lipinski definition) is 0. The van der Waals surface area contributed by atoms with Crippen LogP contribution >= 0.6 is 11.3 Å². The second kappa shape index (κ2) is 4.70. The summed E-state index contributed by atoms with van der Waals surface area (Å²) < 4.78 is 1.85. The Morgan fingerprint density at radius 3 is 2.78 bits per heavy atom. The van der Waals surface area contributed by atoms with Crippen LogP contribution in [-0.2, 0) is 6.54 Å². The zero-order chi connectivity index (χ0) is 12.4. The number of hydrogen-bond acceptors (Lipinski definition) is 4. The van der Waals surface area contributed by atoms with Gasteiger partial charge in [-0.2, -0.15) is 0 Å². The molecule has 0 bridgehead atoms. The molecule has 5 heteroatoms. The Morgan fingerprint density at radius 2 is 2.06 bits per heavy atom. The molecule has 0 fully saturated rings. The maximum absolute atomic E-state index is 4.23. The highest BCUT2D eigenvalue weighted by Crippen LogP contribution is 2.17. The van der Waals surface area contributed by atoms with Gasteiger partial charge in [-0.15, -0.1) is 16.4 Å². The topological polar surface area (TPSA) is 43.6 Å². The van der Waals surface area contributed by atoms with E-state index < -0.39 is 0 Å². The summed E-state index contributed by atoms with van der Waals surface area (Å²) in [6, 6.07) is 10.1. The first-order chi connectivity index (χ1) is 8.83. The molecule has 0 amide bonds. The summed E-state index contributed by atoms with van der Waals surface area (Å²) in [7, 11) is 0. The lowest BCUT2D eigenvalue weighted by atomic mass is 10.2. The van der Waals surface area contributed by atoms with Gasteiger partial charge < -0.3 is 0 Å². The quantitative estimate of drug-likeness (QED) is 0.723. The van der Waals surface area contributed by atoms with Crippen LogP contribution in [0, 0.1) is 6.92 Å². The van der Waals surface area contributed by atoms with Crippen molar-refractivity contribution in [1.82, 2.24) is 20.0 Å². The molecule has 2 heterocycles. The van der Waals surface area contributed by atoms with Crippen molar-refractivity contribution >= 4 is 11.3 Å². The van der Waals surface area contributed by atoms with E-state index in [1.54, 1.807) is 11.3 Å². The lowest BCUT2D eigenvalue weighted by molar-refractivity contribution is 0.653.